The summed E-state index contributed by atoms with van der Waals surface area (Å²) in [7, 11) is 0. The summed E-state index contributed by atoms with van der Waals surface area (Å²) in [6.07, 6.45) is 2.59. The average molecular weight is 419 g/mol. The molecule has 0 spiro atoms. The molecule has 0 radical (unpaired) electrons. The predicted molar refractivity (Wildman–Crippen MR) is 102 cm³/mol. The Bertz CT molecular complexity index is 816. The second-order valence-electron chi connectivity index (χ2n) is 4.75. The van der Waals surface area contributed by atoms with E-state index in [-0.39, 0.29) is 15.7 Å². The number of rotatable bonds is 5. The summed E-state index contributed by atoms with van der Waals surface area (Å²) in [6, 6.07) is 9.63. The van der Waals surface area contributed by atoms with Crippen LogP contribution < -0.4 is 5.32 Å². The number of carbonyl (C=O) groups is 2. The van der Waals surface area contributed by atoms with Gasteiger partial charge in [0.15, 0.2) is 6.61 Å². The highest BCUT2D eigenvalue weighted by Gasteiger charge is 2.11. The number of halogens is 4. The highest BCUT2D eigenvalue weighted by atomic mass is 35.5. The third-order valence-electron chi connectivity index (χ3n) is 2.93. The molecule has 2 aromatic carbocycles. The number of esters is 1. The van der Waals surface area contributed by atoms with Crippen LogP contribution in [0.5, 0.6) is 0 Å². The number of hydrogen-bond acceptors (Lipinski definition) is 3. The van der Waals surface area contributed by atoms with Crippen LogP contribution >= 0.6 is 46.4 Å². The smallest absolute Gasteiger partial charge is 0.331 e. The monoisotopic (exact) mass is 417 g/mol. The van der Waals surface area contributed by atoms with Gasteiger partial charge in [0.2, 0.25) is 0 Å². The van der Waals surface area contributed by atoms with Crippen molar-refractivity contribution in [1.82, 2.24) is 0 Å². The van der Waals surface area contributed by atoms with Crippen molar-refractivity contribution in [3.8, 4) is 0 Å². The normalized spacial score (nSPS) is 10.7. The maximum atomic E-state index is 11.8. The third-order valence-corrected chi connectivity index (χ3v) is 4.14. The molecule has 0 saturated heterocycles. The molecule has 130 valence electrons. The molecule has 0 aliphatic rings. The molecule has 2 rings (SSSR count). The number of ether oxygens (including phenoxy) is 1. The Morgan fingerprint density at radius 2 is 1.68 bits per heavy atom. The molecular weight excluding hydrogens is 408 g/mol. The summed E-state index contributed by atoms with van der Waals surface area (Å²) >= 11 is 23.7. The lowest BCUT2D eigenvalue weighted by molar-refractivity contribution is -0.142. The Labute approximate surface area is 164 Å². The quantitative estimate of drug-likeness (QED) is 0.515. The van der Waals surface area contributed by atoms with Crippen LogP contribution in [-0.4, -0.2) is 18.5 Å². The van der Waals surface area contributed by atoms with Crippen molar-refractivity contribution in [2.24, 2.45) is 0 Å². The van der Waals surface area contributed by atoms with Crippen LogP contribution in [0.1, 0.15) is 5.56 Å². The molecule has 4 nitrogen and oxygen atoms in total. The summed E-state index contributed by atoms with van der Waals surface area (Å²) in [5, 5.41) is 3.95. The molecule has 0 saturated carbocycles. The Morgan fingerprint density at radius 3 is 2.36 bits per heavy atom. The second-order valence-corrected chi connectivity index (χ2v) is 6.41. The summed E-state index contributed by atoms with van der Waals surface area (Å²) in [5.41, 5.74) is 0.812. The zero-order valence-electron chi connectivity index (χ0n) is 12.6. The highest BCUT2D eigenvalue weighted by molar-refractivity contribution is 6.39. The van der Waals surface area contributed by atoms with Crippen LogP contribution in [-0.2, 0) is 14.3 Å². The van der Waals surface area contributed by atoms with Crippen LogP contribution in [0.15, 0.2) is 42.5 Å². The Balaban J connectivity index is 1.90. The van der Waals surface area contributed by atoms with Gasteiger partial charge in [-0.25, -0.2) is 4.79 Å². The lowest BCUT2D eigenvalue weighted by Gasteiger charge is -2.08. The van der Waals surface area contributed by atoms with Crippen molar-refractivity contribution in [3.05, 3.63) is 68.1 Å². The SMILES string of the molecule is O=C(COC(=O)C=Cc1cc(Cl)ccc1Cl)Nc1c(Cl)cccc1Cl. The molecule has 25 heavy (non-hydrogen) atoms. The molecule has 2 aromatic rings. The van der Waals surface area contributed by atoms with Gasteiger partial charge in [0, 0.05) is 16.1 Å². The van der Waals surface area contributed by atoms with Gasteiger partial charge in [-0.05, 0) is 42.0 Å². The van der Waals surface area contributed by atoms with Crippen LogP contribution in [0.25, 0.3) is 6.08 Å². The molecule has 0 aromatic heterocycles. The van der Waals surface area contributed by atoms with E-state index in [1.54, 1.807) is 36.4 Å². The van der Waals surface area contributed by atoms with Crippen molar-refractivity contribution in [3.63, 3.8) is 0 Å². The van der Waals surface area contributed by atoms with Gasteiger partial charge < -0.3 is 10.1 Å². The molecule has 0 heterocycles. The van der Waals surface area contributed by atoms with E-state index in [2.05, 4.69) is 5.32 Å². The Hall–Kier alpha value is -1.72. The number of carbonyl (C=O) groups excluding carboxylic acids is 2. The molecule has 0 bridgehead atoms. The summed E-state index contributed by atoms with van der Waals surface area (Å²) < 4.78 is 4.85. The lowest BCUT2D eigenvalue weighted by atomic mass is 10.2. The van der Waals surface area contributed by atoms with Crippen molar-refractivity contribution < 1.29 is 14.3 Å². The number of anilines is 1. The first-order valence-corrected chi connectivity index (χ1v) is 8.42. The summed E-state index contributed by atoms with van der Waals surface area (Å²) in [4.78, 5) is 23.5. The van der Waals surface area contributed by atoms with Crippen LogP contribution in [0.4, 0.5) is 5.69 Å². The van der Waals surface area contributed by atoms with E-state index >= 15 is 0 Å². The molecule has 1 N–H and O–H groups in total. The van der Waals surface area contributed by atoms with E-state index in [0.29, 0.717) is 15.6 Å². The third kappa shape index (κ3) is 5.94. The molecule has 1 amide bonds. The number of amides is 1. The van der Waals surface area contributed by atoms with Gasteiger partial charge in [0.05, 0.1) is 15.7 Å². The predicted octanol–water partition coefficient (Wildman–Crippen LogP) is 5.50. The molecule has 8 heteroatoms. The second kappa shape index (κ2) is 9.11. The highest BCUT2D eigenvalue weighted by Crippen LogP contribution is 2.29. The number of nitrogens with one attached hydrogen (secondary N) is 1. The largest absolute Gasteiger partial charge is 0.452 e. The molecule has 0 unspecified atom stereocenters. The molecule has 0 aliphatic carbocycles. The number of para-hydroxylation sites is 1. The first kappa shape index (κ1) is 19.6. The van der Waals surface area contributed by atoms with Gasteiger partial charge >= 0.3 is 5.97 Å². The maximum absolute atomic E-state index is 11.8. The van der Waals surface area contributed by atoms with E-state index in [1.807, 2.05) is 0 Å². The average Bonchev–Trinajstić information content (AvgIpc) is 2.57. The lowest BCUT2D eigenvalue weighted by Crippen LogP contribution is -2.20. The van der Waals surface area contributed by atoms with Gasteiger partial charge in [-0.2, -0.15) is 0 Å². The zero-order chi connectivity index (χ0) is 18.4. The number of hydrogen-bond donors (Lipinski definition) is 1. The van der Waals surface area contributed by atoms with Crippen molar-refractivity contribution in [2.45, 2.75) is 0 Å². The molecule has 0 aliphatic heterocycles. The minimum atomic E-state index is -0.712. The fraction of sp³-hybridized carbons (Fsp3) is 0.0588. The van der Waals surface area contributed by atoms with Crippen LogP contribution in [0, 0.1) is 0 Å². The maximum Gasteiger partial charge on any atom is 0.331 e. The van der Waals surface area contributed by atoms with E-state index in [1.165, 1.54) is 6.08 Å². The van der Waals surface area contributed by atoms with E-state index < -0.39 is 18.5 Å². The van der Waals surface area contributed by atoms with Crippen LogP contribution in [0.2, 0.25) is 20.1 Å². The van der Waals surface area contributed by atoms with Crippen molar-refractivity contribution in [2.75, 3.05) is 11.9 Å². The summed E-state index contributed by atoms with van der Waals surface area (Å²) in [6.45, 7) is -0.492. The Morgan fingerprint density at radius 1 is 1.00 bits per heavy atom. The minimum Gasteiger partial charge on any atom is -0.452 e. The number of benzene rings is 2. The van der Waals surface area contributed by atoms with Crippen molar-refractivity contribution in [1.29, 1.82) is 0 Å². The first-order valence-electron chi connectivity index (χ1n) is 6.90. The minimum absolute atomic E-state index is 0.258. The topological polar surface area (TPSA) is 55.4 Å². The fourth-order valence-corrected chi connectivity index (χ4v) is 2.63. The van der Waals surface area contributed by atoms with E-state index in [4.69, 9.17) is 51.1 Å². The zero-order valence-corrected chi connectivity index (χ0v) is 15.6. The van der Waals surface area contributed by atoms with E-state index in [9.17, 15) is 9.59 Å². The van der Waals surface area contributed by atoms with Gasteiger partial charge in [-0.15, -0.1) is 0 Å². The van der Waals surface area contributed by atoms with Gasteiger partial charge in [0.25, 0.3) is 5.91 Å². The Kier molecular flexibility index (Phi) is 7.14. The molecule has 0 atom stereocenters. The standard InChI is InChI=1S/C17H11Cl4NO3/c18-11-5-6-12(19)10(8-11)4-7-16(24)25-9-15(23)22-17-13(20)2-1-3-14(17)21/h1-8H,9H2,(H,22,23). The first-order chi connectivity index (χ1) is 11.9. The van der Waals surface area contributed by atoms with Gasteiger partial charge in [-0.3, -0.25) is 4.79 Å². The van der Waals surface area contributed by atoms with Gasteiger partial charge in [-0.1, -0.05) is 52.5 Å². The van der Waals surface area contributed by atoms with Crippen LogP contribution in [0.3, 0.4) is 0 Å². The molecule has 0 fully saturated rings. The van der Waals surface area contributed by atoms with Crippen molar-refractivity contribution >= 4 is 70.0 Å². The summed E-state index contributed by atoms with van der Waals surface area (Å²) in [5.74, 6) is -1.28. The van der Waals surface area contributed by atoms with E-state index in [0.717, 1.165) is 6.08 Å². The fourth-order valence-electron chi connectivity index (χ4n) is 1.78. The van der Waals surface area contributed by atoms with Gasteiger partial charge in [0.1, 0.15) is 0 Å². The molecular formula is C17H11Cl4NO3.